The van der Waals surface area contributed by atoms with Gasteiger partial charge in [0.15, 0.2) is 0 Å². The molecule has 0 aromatic heterocycles. The number of fused-ring (bicyclic) bond motifs is 2. The van der Waals surface area contributed by atoms with Crippen LogP contribution in [-0.2, 0) is 19.1 Å². The SMILES string of the molecule is CC(C)(C)N1CC=C[C@]23S[C@@H]4C=CCOC(=O)[C@@H]4[C@H]2C(=O)N([C@H](CO)c2ccccc2)C3C1=O. The molecule has 1 aromatic carbocycles. The molecule has 2 amide bonds. The second kappa shape index (κ2) is 8.27. The van der Waals surface area contributed by atoms with Crippen LogP contribution < -0.4 is 0 Å². The lowest BCUT2D eigenvalue weighted by Crippen LogP contribution is -2.58. The van der Waals surface area contributed by atoms with E-state index in [-0.39, 0.29) is 30.3 Å². The molecule has 4 aliphatic rings. The fourth-order valence-corrected chi connectivity index (χ4v) is 7.87. The summed E-state index contributed by atoms with van der Waals surface area (Å²) in [6.07, 6.45) is 7.68. The summed E-state index contributed by atoms with van der Waals surface area (Å²) in [5, 5.41) is 10.2. The van der Waals surface area contributed by atoms with Crippen molar-refractivity contribution in [3.8, 4) is 0 Å². The van der Waals surface area contributed by atoms with Crippen LogP contribution in [0.2, 0.25) is 0 Å². The molecule has 6 atom stereocenters. The normalized spacial score (nSPS) is 33.7. The monoisotopic (exact) mass is 482 g/mol. The van der Waals surface area contributed by atoms with Gasteiger partial charge < -0.3 is 19.6 Å². The fourth-order valence-electron chi connectivity index (χ4n) is 5.88. The van der Waals surface area contributed by atoms with E-state index >= 15 is 0 Å². The number of carbonyl (C=O) groups excluding carboxylic acids is 3. The van der Waals surface area contributed by atoms with Crippen molar-refractivity contribution in [3.05, 3.63) is 60.2 Å². The van der Waals surface area contributed by atoms with Crippen molar-refractivity contribution in [2.24, 2.45) is 11.8 Å². The minimum absolute atomic E-state index is 0.163. The van der Waals surface area contributed by atoms with E-state index in [0.717, 1.165) is 5.56 Å². The van der Waals surface area contributed by atoms with E-state index in [9.17, 15) is 19.5 Å². The molecule has 0 radical (unpaired) electrons. The Bertz CT molecular complexity index is 1060. The molecule has 180 valence electrons. The second-order valence-corrected chi connectivity index (χ2v) is 11.8. The summed E-state index contributed by atoms with van der Waals surface area (Å²) in [5.74, 6) is -2.28. The quantitative estimate of drug-likeness (QED) is 0.526. The van der Waals surface area contributed by atoms with Gasteiger partial charge in [-0.25, -0.2) is 0 Å². The van der Waals surface area contributed by atoms with E-state index in [4.69, 9.17) is 4.74 Å². The third-order valence-electron chi connectivity index (χ3n) is 7.35. The van der Waals surface area contributed by atoms with Crippen LogP contribution in [0, 0.1) is 11.8 Å². The van der Waals surface area contributed by atoms with E-state index in [1.807, 2.05) is 75.4 Å². The van der Waals surface area contributed by atoms with Crippen molar-refractivity contribution >= 4 is 29.5 Å². The second-order valence-electron chi connectivity index (χ2n) is 10.3. The Labute approximate surface area is 203 Å². The van der Waals surface area contributed by atoms with Crippen LogP contribution in [0.5, 0.6) is 0 Å². The van der Waals surface area contributed by atoms with Crippen molar-refractivity contribution in [2.45, 2.75) is 48.4 Å². The summed E-state index contributed by atoms with van der Waals surface area (Å²) in [4.78, 5) is 44.8. The Kier molecular flexibility index (Phi) is 5.64. The lowest BCUT2D eigenvalue weighted by atomic mass is 9.78. The first kappa shape index (κ1) is 23.2. The van der Waals surface area contributed by atoms with Crippen molar-refractivity contribution in [1.82, 2.24) is 9.80 Å². The first-order valence-corrected chi connectivity index (χ1v) is 12.6. The van der Waals surface area contributed by atoms with Gasteiger partial charge in [-0.15, -0.1) is 11.8 Å². The van der Waals surface area contributed by atoms with E-state index < -0.39 is 40.2 Å². The Morgan fingerprint density at radius 2 is 1.88 bits per heavy atom. The summed E-state index contributed by atoms with van der Waals surface area (Å²) >= 11 is 1.51. The van der Waals surface area contributed by atoms with Crippen LogP contribution in [0.3, 0.4) is 0 Å². The average molecular weight is 483 g/mol. The van der Waals surface area contributed by atoms with Crippen molar-refractivity contribution in [1.29, 1.82) is 0 Å². The Balaban J connectivity index is 1.69. The average Bonchev–Trinajstić information content (AvgIpc) is 3.09. The first-order valence-electron chi connectivity index (χ1n) is 11.7. The highest BCUT2D eigenvalue weighted by molar-refractivity contribution is 8.02. The Morgan fingerprint density at radius 1 is 1.15 bits per heavy atom. The molecule has 5 rings (SSSR count). The number of hydrogen-bond acceptors (Lipinski definition) is 6. The summed E-state index contributed by atoms with van der Waals surface area (Å²) < 4.78 is 4.49. The lowest BCUT2D eigenvalue weighted by molar-refractivity contribution is -0.152. The molecule has 4 aliphatic heterocycles. The highest BCUT2D eigenvalue weighted by Crippen LogP contribution is 2.62. The van der Waals surface area contributed by atoms with Crippen LogP contribution in [-0.4, -0.2) is 74.0 Å². The first-order chi connectivity index (χ1) is 16.2. The van der Waals surface area contributed by atoms with Crippen molar-refractivity contribution in [3.63, 3.8) is 0 Å². The zero-order valence-corrected chi connectivity index (χ0v) is 20.4. The third-order valence-corrected chi connectivity index (χ3v) is 9.10. The molecule has 0 aliphatic carbocycles. The number of aliphatic hydroxyl groups excluding tert-OH is 1. The van der Waals surface area contributed by atoms with E-state index in [1.54, 1.807) is 9.80 Å². The standard InChI is InChI=1S/C26H30N2O5S/c1-25(2,3)27-13-8-12-26-20(19-18(34-26)11-7-14-33-24(19)32)22(30)28(21(26)23(27)31)17(15-29)16-9-5-4-6-10-16/h4-12,17-21,29H,13-15H2,1-3H3/t17-,18-,19+,20+,21?,26+/m1/s1. The highest BCUT2D eigenvalue weighted by Gasteiger charge is 2.72. The largest absolute Gasteiger partial charge is 0.461 e. The highest BCUT2D eigenvalue weighted by atomic mass is 32.2. The topological polar surface area (TPSA) is 87.2 Å². The van der Waals surface area contributed by atoms with Gasteiger partial charge in [0, 0.05) is 17.3 Å². The maximum Gasteiger partial charge on any atom is 0.311 e. The molecule has 1 spiro atoms. The molecular formula is C26H30N2O5S. The van der Waals surface area contributed by atoms with Gasteiger partial charge in [-0.05, 0) is 26.3 Å². The van der Waals surface area contributed by atoms with Gasteiger partial charge in [0.1, 0.15) is 12.6 Å². The Morgan fingerprint density at radius 3 is 2.56 bits per heavy atom. The maximum absolute atomic E-state index is 14.2. The van der Waals surface area contributed by atoms with Gasteiger partial charge in [-0.2, -0.15) is 0 Å². The van der Waals surface area contributed by atoms with Crippen molar-refractivity contribution < 1.29 is 24.2 Å². The Hall–Kier alpha value is -2.58. The smallest absolute Gasteiger partial charge is 0.311 e. The molecular weight excluding hydrogens is 452 g/mol. The van der Waals surface area contributed by atoms with Gasteiger partial charge in [0.05, 0.1) is 29.2 Å². The number of benzene rings is 1. The molecule has 2 saturated heterocycles. The molecule has 1 aromatic rings. The van der Waals surface area contributed by atoms with Crippen LogP contribution >= 0.6 is 11.8 Å². The van der Waals surface area contributed by atoms with Gasteiger partial charge >= 0.3 is 5.97 Å². The summed E-state index contributed by atoms with van der Waals surface area (Å²) in [5.41, 5.74) is 0.287. The predicted octanol–water partition coefficient (Wildman–Crippen LogP) is 2.33. The van der Waals surface area contributed by atoms with Crippen LogP contribution in [0.15, 0.2) is 54.6 Å². The summed E-state index contributed by atoms with van der Waals surface area (Å²) in [6, 6.07) is 7.73. The maximum atomic E-state index is 14.2. The molecule has 1 N–H and O–H groups in total. The third kappa shape index (κ3) is 3.33. The minimum atomic E-state index is -0.924. The molecule has 4 heterocycles. The number of esters is 1. The van der Waals surface area contributed by atoms with E-state index in [1.165, 1.54) is 11.8 Å². The molecule has 0 bridgehead atoms. The zero-order chi connectivity index (χ0) is 24.3. The van der Waals surface area contributed by atoms with Crippen LogP contribution in [0.25, 0.3) is 0 Å². The van der Waals surface area contributed by atoms with Crippen LogP contribution in [0.1, 0.15) is 32.4 Å². The number of likely N-dealkylation sites (tertiary alicyclic amines) is 1. The van der Waals surface area contributed by atoms with Gasteiger partial charge in [0.2, 0.25) is 11.8 Å². The number of amides is 2. The number of thioether (sulfide) groups is 1. The lowest BCUT2D eigenvalue weighted by Gasteiger charge is -2.42. The number of nitrogens with zero attached hydrogens (tertiary/aromatic N) is 2. The van der Waals surface area contributed by atoms with E-state index in [0.29, 0.717) is 6.54 Å². The molecule has 0 saturated carbocycles. The summed E-state index contributed by atoms with van der Waals surface area (Å²) in [7, 11) is 0. The van der Waals surface area contributed by atoms with Gasteiger partial charge in [0.25, 0.3) is 0 Å². The predicted molar refractivity (Wildman–Crippen MR) is 129 cm³/mol. The van der Waals surface area contributed by atoms with Crippen LogP contribution in [0.4, 0.5) is 0 Å². The van der Waals surface area contributed by atoms with E-state index in [2.05, 4.69) is 0 Å². The zero-order valence-electron chi connectivity index (χ0n) is 19.6. The molecule has 7 nitrogen and oxygen atoms in total. The fraction of sp³-hybridized carbons (Fsp3) is 0.500. The number of rotatable bonds is 3. The number of hydrogen-bond donors (Lipinski definition) is 1. The number of ether oxygens (including phenoxy) is 1. The van der Waals surface area contributed by atoms with Gasteiger partial charge in [-0.1, -0.05) is 54.6 Å². The minimum Gasteiger partial charge on any atom is -0.461 e. The van der Waals surface area contributed by atoms with Crippen molar-refractivity contribution in [2.75, 3.05) is 19.8 Å². The molecule has 2 fully saturated rings. The molecule has 34 heavy (non-hydrogen) atoms. The number of carbonyl (C=O) groups is 3. The summed E-state index contributed by atoms with van der Waals surface area (Å²) in [6.45, 7) is 6.19. The van der Waals surface area contributed by atoms with Gasteiger partial charge in [-0.3, -0.25) is 14.4 Å². The molecule has 8 heteroatoms. The molecule has 1 unspecified atom stereocenters. The number of aliphatic hydroxyl groups is 1. The number of cyclic esters (lactones) is 1.